The van der Waals surface area contributed by atoms with Crippen molar-refractivity contribution >= 4 is 28.9 Å². The van der Waals surface area contributed by atoms with Crippen LogP contribution in [0.2, 0.25) is 0 Å². The first kappa shape index (κ1) is 25.7. The van der Waals surface area contributed by atoms with Gasteiger partial charge in [0.15, 0.2) is 0 Å². The summed E-state index contributed by atoms with van der Waals surface area (Å²) in [6, 6.07) is 22.1. The zero-order chi connectivity index (χ0) is 25.6. The van der Waals surface area contributed by atoms with Gasteiger partial charge in [-0.3, -0.25) is 15.0 Å². The second-order valence-electron chi connectivity index (χ2n) is 9.41. The van der Waals surface area contributed by atoms with E-state index in [4.69, 9.17) is 4.74 Å². The average molecular weight is 477 g/mol. The van der Waals surface area contributed by atoms with E-state index in [0.717, 1.165) is 21.9 Å². The molecule has 0 saturated heterocycles. The summed E-state index contributed by atoms with van der Waals surface area (Å²) in [6.45, 7) is 7.27. The standard InChI is InChI=1S/C28H32N2O5/c1-19(22-16-15-21-13-9-10-14-23(21)17-22)24(25(31)29-26(32)34-5)30(27(33)35-28(2,3)4)18-20-11-7-6-8-12-20/h6-17,19,24H,18H2,1-5H3,(H,29,31,32)/t19?,24-/m0/s1. The number of nitrogens with one attached hydrogen (secondary N) is 1. The lowest BCUT2D eigenvalue weighted by molar-refractivity contribution is -0.126. The molecule has 0 spiro atoms. The van der Waals surface area contributed by atoms with Crippen LogP contribution in [0.3, 0.4) is 0 Å². The third-order valence-corrected chi connectivity index (χ3v) is 5.61. The molecule has 3 amide bonds. The van der Waals surface area contributed by atoms with Crippen LogP contribution >= 0.6 is 0 Å². The lowest BCUT2D eigenvalue weighted by Gasteiger charge is -2.36. The van der Waals surface area contributed by atoms with Crippen molar-refractivity contribution in [3.8, 4) is 0 Å². The van der Waals surface area contributed by atoms with E-state index in [2.05, 4.69) is 10.1 Å². The summed E-state index contributed by atoms with van der Waals surface area (Å²) < 4.78 is 10.3. The lowest BCUT2D eigenvalue weighted by atomic mass is 9.89. The summed E-state index contributed by atoms with van der Waals surface area (Å²) in [5.41, 5.74) is 0.886. The predicted molar refractivity (Wildman–Crippen MR) is 135 cm³/mol. The van der Waals surface area contributed by atoms with E-state index in [1.807, 2.05) is 79.7 Å². The van der Waals surface area contributed by atoms with Crippen molar-refractivity contribution in [3.05, 3.63) is 83.9 Å². The molecule has 35 heavy (non-hydrogen) atoms. The van der Waals surface area contributed by atoms with Gasteiger partial charge in [0.2, 0.25) is 0 Å². The van der Waals surface area contributed by atoms with Crippen molar-refractivity contribution in [2.24, 2.45) is 0 Å². The number of carbonyl (C=O) groups is 3. The summed E-state index contributed by atoms with van der Waals surface area (Å²) >= 11 is 0. The van der Waals surface area contributed by atoms with Crippen molar-refractivity contribution in [2.45, 2.75) is 51.8 Å². The van der Waals surface area contributed by atoms with Crippen molar-refractivity contribution in [3.63, 3.8) is 0 Å². The topological polar surface area (TPSA) is 84.9 Å². The molecule has 0 heterocycles. The van der Waals surface area contributed by atoms with Gasteiger partial charge in [0.25, 0.3) is 5.91 Å². The molecule has 0 fully saturated rings. The van der Waals surface area contributed by atoms with E-state index in [-0.39, 0.29) is 6.54 Å². The van der Waals surface area contributed by atoms with E-state index in [1.54, 1.807) is 20.8 Å². The Morgan fingerprint density at radius 3 is 2.17 bits per heavy atom. The van der Waals surface area contributed by atoms with Gasteiger partial charge in [-0.15, -0.1) is 0 Å². The predicted octanol–water partition coefficient (Wildman–Crippen LogP) is 5.63. The fourth-order valence-corrected chi connectivity index (χ4v) is 3.91. The van der Waals surface area contributed by atoms with E-state index in [1.165, 1.54) is 12.0 Å². The maximum atomic E-state index is 13.4. The highest BCUT2D eigenvalue weighted by Gasteiger charge is 2.38. The van der Waals surface area contributed by atoms with Crippen molar-refractivity contribution < 1.29 is 23.9 Å². The molecule has 3 rings (SSSR count). The Balaban J connectivity index is 2.07. The maximum absolute atomic E-state index is 13.4. The van der Waals surface area contributed by atoms with Crippen LogP contribution in [0.1, 0.15) is 44.7 Å². The molecule has 0 aliphatic heterocycles. The number of fused-ring (bicyclic) bond motifs is 1. The molecule has 3 aromatic carbocycles. The highest BCUT2D eigenvalue weighted by molar-refractivity contribution is 5.97. The molecule has 0 radical (unpaired) electrons. The Labute approximate surface area is 206 Å². The fraction of sp³-hybridized carbons (Fsp3) is 0.321. The van der Waals surface area contributed by atoms with Crippen LogP contribution in [0.25, 0.3) is 10.8 Å². The Hall–Kier alpha value is -3.87. The number of carbonyl (C=O) groups excluding carboxylic acids is 3. The summed E-state index contributed by atoms with van der Waals surface area (Å²) in [4.78, 5) is 40.2. The first-order valence-electron chi connectivity index (χ1n) is 11.5. The Kier molecular flexibility index (Phi) is 8.12. The number of amides is 3. The third-order valence-electron chi connectivity index (χ3n) is 5.61. The Bertz CT molecular complexity index is 1190. The minimum absolute atomic E-state index is 0.118. The van der Waals surface area contributed by atoms with E-state index in [0.29, 0.717) is 0 Å². The van der Waals surface area contributed by atoms with Crippen molar-refractivity contribution in [1.82, 2.24) is 10.2 Å². The summed E-state index contributed by atoms with van der Waals surface area (Å²) in [5.74, 6) is -1.13. The summed E-state index contributed by atoms with van der Waals surface area (Å²) in [5, 5.41) is 4.32. The van der Waals surface area contributed by atoms with Crippen LogP contribution in [0, 0.1) is 0 Å². The second-order valence-corrected chi connectivity index (χ2v) is 9.41. The number of benzene rings is 3. The molecule has 184 valence electrons. The number of hydrogen-bond acceptors (Lipinski definition) is 5. The number of alkyl carbamates (subject to hydrolysis) is 1. The second kappa shape index (κ2) is 11.0. The maximum Gasteiger partial charge on any atom is 0.413 e. The zero-order valence-electron chi connectivity index (χ0n) is 20.8. The normalized spacial score (nSPS) is 12.9. The van der Waals surface area contributed by atoms with Gasteiger partial charge in [0, 0.05) is 12.5 Å². The molecule has 1 unspecified atom stereocenters. The molecule has 1 N–H and O–H groups in total. The van der Waals surface area contributed by atoms with E-state index >= 15 is 0 Å². The van der Waals surface area contributed by atoms with Gasteiger partial charge in [-0.05, 0) is 42.7 Å². The quantitative estimate of drug-likeness (QED) is 0.498. The van der Waals surface area contributed by atoms with Gasteiger partial charge >= 0.3 is 12.2 Å². The molecule has 3 aromatic rings. The molecule has 0 aliphatic carbocycles. The molecule has 0 saturated carbocycles. The first-order valence-corrected chi connectivity index (χ1v) is 11.5. The number of rotatable bonds is 6. The zero-order valence-corrected chi connectivity index (χ0v) is 20.8. The van der Waals surface area contributed by atoms with Crippen LogP contribution in [-0.4, -0.2) is 41.7 Å². The van der Waals surface area contributed by atoms with E-state index in [9.17, 15) is 14.4 Å². The van der Waals surface area contributed by atoms with Crippen LogP contribution in [0.4, 0.5) is 9.59 Å². The first-order chi connectivity index (χ1) is 16.6. The van der Waals surface area contributed by atoms with Crippen molar-refractivity contribution in [1.29, 1.82) is 0 Å². The van der Waals surface area contributed by atoms with Crippen LogP contribution in [-0.2, 0) is 20.8 Å². The molecule has 0 aliphatic rings. The van der Waals surface area contributed by atoms with Gasteiger partial charge in [-0.2, -0.15) is 0 Å². The minimum Gasteiger partial charge on any atom is -0.453 e. The number of ether oxygens (including phenoxy) is 2. The van der Waals surface area contributed by atoms with Gasteiger partial charge in [0.05, 0.1) is 7.11 Å². The number of hydrogen-bond donors (Lipinski definition) is 1. The minimum atomic E-state index is -1.05. The molecular weight excluding hydrogens is 444 g/mol. The number of nitrogens with zero attached hydrogens (tertiary/aromatic N) is 1. The number of methoxy groups -OCH3 is 1. The summed E-state index contributed by atoms with van der Waals surface area (Å²) in [6.07, 6.45) is -1.55. The number of imide groups is 1. The lowest BCUT2D eigenvalue weighted by Crippen LogP contribution is -2.53. The van der Waals surface area contributed by atoms with Crippen molar-refractivity contribution in [2.75, 3.05) is 7.11 Å². The molecule has 0 aromatic heterocycles. The fourth-order valence-electron chi connectivity index (χ4n) is 3.91. The van der Waals surface area contributed by atoms with Crippen LogP contribution in [0.5, 0.6) is 0 Å². The van der Waals surface area contributed by atoms with Gasteiger partial charge in [-0.1, -0.05) is 79.7 Å². The molecule has 0 bridgehead atoms. The molecule has 2 atom stereocenters. The van der Waals surface area contributed by atoms with Gasteiger partial charge in [-0.25, -0.2) is 9.59 Å². The van der Waals surface area contributed by atoms with E-state index < -0.39 is 35.7 Å². The van der Waals surface area contributed by atoms with Gasteiger partial charge in [0.1, 0.15) is 11.6 Å². The van der Waals surface area contributed by atoms with Gasteiger partial charge < -0.3 is 9.47 Å². The summed E-state index contributed by atoms with van der Waals surface area (Å²) in [7, 11) is 1.18. The molecular formula is C28H32N2O5. The largest absolute Gasteiger partial charge is 0.453 e. The average Bonchev–Trinajstić information content (AvgIpc) is 2.82. The Morgan fingerprint density at radius 1 is 0.914 bits per heavy atom. The van der Waals surface area contributed by atoms with Crippen LogP contribution in [0.15, 0.2) is 72.8 Å². The SMILES string of the molecule is COC(=O)NC(=O)[C@H](C(C)c1ccc2ccccc2c1)N(Cc1ccccc1)C(=O)OC(C)(C)C. The smallest absolute Gasteiger partial charge is 0.413 e. The monoisotopic (exact) mass is 476 g/mol. The highest BCUT2D eigenvalue weighted by Crippen LogP contribution is 2.29. The van der Waals surface area contributed by atoms with Crippen LogP contribution < -0.4 is 5.32 Å². The third kappa shape index (κ3) is 6.82. The molecule has 7 heteroatoms. The highest BCUT2D eigenvalue weighted by atomic mass is 16.6. The Morgan fingerprint density at radius 2 is 1.54 bits per heavy atom. The molecule has 7 nitrogen and oxygen atoms in total.